The van der Waals surface area contributed by atoms with Gasteiger partial charge in [-0.3, -0.25) is 10.2 Å². The fourth-order valence-corrected chi connectivity index (χ4v) is 2.01. The van der Waals surface area contributed by atoms with E-state index in [4.69, 9.17) is 15.7 Å². The minimum atomic E-state index is -0.318. The molecule has 1 rings (SSSR count). The maximum Gasteiger partial charge on any atom is 0.265 e. The van der Waals surface area contributed by atoms with Crippen LogP contribution in [0.3, 0.4) is 0 Å². The van der Waals surface area contributed by atoms with Crippen LogP contribution >= 0.6 is 11.8 Å². The van der Waals surface area contributed by atoms with Gasteiger partial charge in [-0.15, -0.1) is 0 Å². The molecule has 6 heteroatoms. The zero-order chi connectivity index (χ0) is 13.2. The minimum absolute atomic E-state index is 0.235. The van der Waals surface area contributed by atoms with Gasteiger partial charge in [-0.2, -0.15) is 11.8 Å². The summed E-state index contributed by atoms with van der Waals surface area (Å²) in [7, 11) is 0. The fraction of sp³-hybridized carbons (Fsp3) is 0.417. The van der Waals surface area contributed by atoms with Crippen LogP contribution in [0.15, 0.2) is 24.3 Å². The lowest BCUT2D eigenvalue weighted by atomic mass is 10.2. The Balaban J connectivity index is 2.25. The molecule has 0 atom stereocenters. The van der Waals surface area contributed by atoms with E-state index in [9.17, 15) is 4.79 Å². The number of nitrogens with two attached hydrogens (primary N) is 1. The normalized spacial score (nSPS) is 10.1. The van der Waals surface area contributed by atoms with Gasteiger partial charge in [-0.25, -0.2) is 5.84 Å². The Labute approximate surface area is 111 Å². The Morgan fingerprint density at radius 1 is 1.33 bits per heavy atom. The van der Waals surface area contributed by atoms with Crippen molar-refractivity contribution >= 4 is 17.7 Å². The summed E-state index contributed by atoms with van der Waals surface area (Å²) in [4.78, 5) is 11.2. The van der Waals surface area contributed by atoms with Crippen molar-refractivity contribution in [2.24, 2.45) is 5.84 Å². The highest BCUT2D eigenvalue weighted by Gasteiger charge is 2.02. The van der Waals surface area contributed by atoms with Crippen molar-refractivity contribution in [3.8, 4) is 5.75 Å². The number of ether oxygens (including phenoxy) is 1. The van der Waals surface area contributed by atoms with Crippen LogP contribution in [0.2, 0.25) is 0 Å². The molecule has 1 aromatic rings. The van der Waals surface area contributed by atoms with Gasteiger partial charge in [0, 0.05) is 17.9 Å². The van der Waals surface area contributed by atoms with Crippen molar-refractivity contribution in [3.63, 3.8) is 0 Å². The summed E-state index contributed by atoms with van der Waals surface area (Å²) >= 11 is 1.74. The third-order valence-electron chi connectivity index (χ3n) is 2.19. The number of hydrogen-bond acceptors (Lipinski definition) is 5. The molecule has 0 aromatic heterocycles. The number of aliphatic hydroxyl groups is 1. The summed E-state index contributed by atoms with van der Waals surface area (Å²) in [6.07, 6.45) is 0.813. The quantitative estimate of drug-likeness (QED) is 0.281. The molecule has 0 saturated heterocycles. The van der Waals surface area contributed by atoms with Crippen LogP contribution in [0.1, 0.15) is 16.8 Å². The van der Waals surface area contributed by atoms with Crippen LogP contribution in [0.4, 0.5) is 0 Å². The van der Waals surface area contributed by atoms with E-state index in [1.165, 1.54) is 0 Å². The SMILES string of the molecule is NNC(=O)c1ccc(OCCSCCCO)cc1. The van der Waals surface area contributed by atoms with E-state index in [0.29, 0.717) is 12.2 Å². The number of nitrogens with one attached hydrogen (secondary N) is 1. The number of carbonyl (C=O) groups is 1. The largest absolute Gasteiger partial charge is 0.493 e. The first-order valence-corrected chi connectivity index (χ1v) is 6.86. The number of hydrogen-bond donors (Lipinski definition) is 3. The molecular weight excluding hydrogens is 252 g/mol. The van der Waals surface area contributed by atoms with Crippen molar-refractivity contribution in [2.75, 3.05) is 24.7 Å². The molecule has 0 aliphatic heterocycles. The molecule has 0 aliphatic rings. The molecule has 100 valence electrons. The molecule has 5 nitrogen and oxygen atoms in total. The van der Waals surface area contributed by atoms with Gasteiger partial charge >= 0.3 is 0 Å². The Kier molecular flexibility index (Phi) is 7.24. The van der Waals surface area contributed by atoms with Crippen LogP contribution in [0, 0.1) is 0 Å². The first-order chi connectivity index (χ1) is 8.77. The molecule has 0 aliphatic carbocycles. The van der Waals surface area contributed by atoms with Crippen molar-refractivity contribution in [2.45, 2.75) is 6.42 Å². The number of aliphatic hydroxyl groups excluding tert-OH is 1. The first kappa shape index (κ1) is 14.8. The van der Waals surface area contributed by atoms with Crippen molar-refractivity contribution in [1.82, 2.24) is 5.43 Å². The second kappa shape index (κ2) is 8.79. The Morgan fingerprint density at radius 2 is 2.06 bits per heavy atom. The second-order valence-electron chi connectivity index (χ2n) is 3.54. The third kappa shape index (κ3) is 5.39. The average molecular weight is 270 g/mol. The monoisotopic (exact) mass is 270 g/mol. The predicted octanol–water partition coefficient (Wildman–Crippen LogP) is 0.784. The molecule has 0 radical (unpaired) electrons. The van der Waals surface area contributed by atoms with Crippen LogP contribution in [-0.4, -0.2) is 35.7 Å². The molecule has 18 heavy (non-hydrogen) atoms. The van der Waals surface area contributed by atoms with E-state index in [1.54, 1.807) is 36.0 Å². The number of amides is 1. The smallest absolute Gasteiger partial charge is 0.265 e. The number of benzene rings is 1. The number of nitrogen functional groups attached to an aromatic ring is 1. The molecule has 4 N–H and O–H groups in total. The van der Waals surface area contributed by atoms with Gasteiger partial charge in [0.25, 0.3) is 5.91 Å². The van der Waals surface area contributed by atoms with E-state index in [2.05, 4.69) is 5.43 Å². The number of carbonyl (C=O) groups excluding carboxylic acids is 1. The first-order valence-electron chi connectivity index (χ1n) is 5.70. The zero-order valence-corrected chi connectivity index (χ0v) is 10.9. The summed E-state index contributed by atoms with van der Waals surface area (Å²) < 4.78 is 5.51. The molecular formula is C12H18N2O3S. The van der Waals surface area contributed by atoms with Crippen molar-refractivity contribution < 1.29 is 14.6 Å². The molecule has 0 heterocycles. The number of rotatable bonds is 8. The van der Waals surface area contributed by atoms with Gasteiger partial charge in [-0.1, -0.05) is 0 Å². The fourth-order valence-electron chi connectivity index (χ4n) is 1.27. The molecule has 1 aromatic carbocycles. The second-order valence-corrected chi connectivity index (χ2v) is 4.76. The zero-order valence-electron chi connectivity index (χ0n) is 10.1. The molecule has 0 bridgehead atoms. The van der Waals surface area contributed by atoms with E-state index < -0.39 is 0 Å². The topological polar surface area (TPSA) is 84.6 Å². The standard InChI is InChI=1S/C12H18N2O3S/c13-14-12(16)10-2-4-11(5-3-10)17-7-9-18-8-1-6-15/h2-5,15H,1,6-9,13H2,(H,14,16). The Hall–Kier alpha value is -1.24. The van der Waals surface area contributed by atoms with Gasteiger partial charge in [0.05, 0.1) is 6.61 Å². The van der Waals surface area contributed by atoms with Crippen LogP contribution in [0.25, 0.3) is 0 Å². The van der Waals surface area contributed by atoms with Crippen LogP contribution in [0.5, 0.6) is 5.75 Å². The lowest BCUT2D eigenvalue weighted by Crippen LogP contribution is -2.29. The summed E-state index contributed by atoms with van der Waals surface area (Å²) in [6, 6.07) is 6.80. The Bertz CT molecular complexity index is 357. The molecule has 0 spiro atoms. The van der Waals surface area contributed by atoms with Crippen molar-refractivity contribution in [1.29, 1.82) is 0 Å². The summed E-state index contributed by atoms with van der Waals surface area (Å²) in [5, 5.41) is 8.61. The number of thioether (sulfide) groups is 1. The highest BCUT2D eigenvalue weighted by Crippen LogP contribution is 2.12. The predicted molar refractivity (Wildman–Crippen MR) is 72.6 cm³/mol. The van der Waals surface area contributed by atoms with Crippen molar-refractivity contribution in [3.05, 3.63) is 29.8 Å². The summed E-state index contributed by atoms with van der Waals surface area (Å²) in [6.45, 7) is 0.844. The number of hydrazine groups is 1. The lowest BCUT2D eigenvalue weighted by molar-refractivity contribution is 0.0953. The van der Waals surface area contributed by atoms with Gasteiger partial charge in [0.2, 0.25) is 0 Å². The third-order valence-corrected chi connectivity index (χ3v) is 3.22. The van der Waals surface area contributed by atoms with E-state index >= 15 is 0 Å². The summed E-state index contributed by atoms with van der Waals surface area (Å²) in [5.41, 5.74) is 2.57. The maximum atomic E-state index is 11.2. The van der Waals surface area contributed by atoms with E-state index in [-0.39, 0.29) is 12.5 Å². The minimum Gasteiger partial charge on any atom is -0.493 e. The average Bonchev–Trinajstić information content (AvgIpc) is 2.42. The highest BCUT2D eigenvalue weighted by atomic mass is 32.2. The lowest BCUT2D eigenvalue weighted by Gasteiger charge is -2.06. The Morgan fingerprint density at radius 3 is 2.67 bits per heavy atom. The maximum absolute atomic E-state index is 11.2. The van der Waals surface area contributed by atoms with Gasteiger partial charge < -0.3 is 9.84 Å². The van der Waals surface area contributed by atoms with Gasteiger partial charge in [0.1, 0.15) is 5.75 Å². The molecule has 0 fully saturated rings. The van der Waals surface area contributed by atoms with Crippen LogP contribution < -0.4 is 16.0 Å². The van der Waals surface area contributed by atoms with Crippen LogP contribution in [-0.2, 0) is 0 Å². The highest BCUT2D eigenvalue weighted by molar-refractivity contribution is 7.99. The molecule has 0 unspecified atom stereocenters. The van der Waals surface area contributed by atoms with E-state index in [1.807, 2.05) is 0 Å². The summed E-state index contributed by atoms with van der Waals surface area (Å²) in [5.74, 6) is 7.26. The molecule has 1 amide bonds. The molecule has 0 saturated carbocycles. The van der Waals surface area contributed by atoms with E-state index in [0.717, 1.165) is 23.7 Å². The van der Waals surface area contributed by atoms with Gasteiger partial charge in [0.15, 0.2) is 0 Å². The van der Waals surface area contributed by atoms with Gasteiger partial charge in [-0.05, 0) is 36.4 Å².